The van der Waals surface area contributed by atoms with Crippen LogP contribution in [0.15, 0.2) is 67.3 Å². The summed E-state index contributed by atoms with van der Waals surface area (Å²) in [5.74, 6) is -1.80. The lowest BCUT2D eigenvalue weighted by molar-refractivity contribution is 0.0912. The largest absolute Gasteiger partial charge is 0.394 e. The number of aliphatic hydroxyl groups is 1. The van der Waals surface area contributed by atoms with Gasteiger partial charge in [0.05, 0.1) is 36.4 Å². The first-order valence-corrected chi connectivity index (χ1v) is 10.1. The maximum atomic E-state index is 14.9. The van der Waals surface area contributed by atoms with Crippen LogP contribution in [0.25, 0.3) is 22.4 Å². The number of halogens is 2. The van der Waals surface area contributed by atoms with Gasteiger partial charge in [0.15, 0.2) is 0 Å². The summed E-state index contributed by atoms with van der Waals surface area (Å²) in [6.07, 6.45) is 4.94. The lowest BCUT2D eigenvalue weighted by Gasteiger charge is -2.17. The van der Waals surface area contributed by atoms with E-state index in [2.05, 4.69) is 15.3 Å². The molecule has 2 heterocycles. The molecule has 4 N–H and O–H groups in total. The van der Waals surface area contributed by atoms with Crippen molar-refractivity contribution in [2.75, 3.05) is 12.3 Å². The molecule has 0 saturated carbocycles. The number of hydrogen-bond acceptors (Lipinski definition) is 5. The number of carbonyl (C=O) groups excluding carboxylic acids is 1. The van der Waals surface area contributed by atoms with Crippen LogP contribution < -0.4 is 11.1 Å². The monoisotopic (exact) mass is 449 g/mol. The lowest BCUT2D eigenvalue weighted by atomic mass is 10.0. The van der Waals surface area contributed by atoms with Crippen LogP contribution in [0.2, 0.25) is 0 Å². The number of nitrogen functional groups attached to an aromatic ring is 1. The van der Waals surface area contributed by atoms with Crippen molar-refractivity contribution in [1.29, 1.82) is 0 Å². The Hall–Kier alpha value is -4.11. The van der Waals surface area contributed by atoms with Gasteiger partial charge in [0.2, 0.25) is 0 Å². The van der Waals surface area contributed by atoms with Crippen LogP contribution in [0.3, 0.4) is 0 Å². The van der Waals surface area contributed by atoms with Crippen molar-refractivity contribution in [1.82, 2.24) is 19.9 Å². The second-order valence-corrected chi connectivity index (χ2v) is 7.50. The van der Waals surface area contributed by atoms with Crippen LogP contribution in [0.4, 0.5) is 14.6 Å². The van der Waals surface area contributed by atoms with E-state index in [-0.39, 0.29) is 11.4 Å². The molecule has 7 nitrogen and oxygen atoms in total. The standard InChI is InChI=1S/C24H21F2N5O2/c1-31-13-28-11-22(31)16-8-19(23(27)29-10-16)14-5-6-18(20(26)9-14)24(33)30-21(12-32)15-3-2-4-17(25)7-15/h2-11,13,21,32H,12H2,1H3,(H2,27,29)(H,30,33)/t21-/m1/s1. The number of nitrogens with one attached hydrogen (secondary N) is 1. The fourth-order valence-electron chi connectivity index (χ4n) is 3.54. The SMILES string of the molecule is Cn1cncc1-c1cnc(N)c(-c2ccc(C(=O)N[C@H](CO)c3cccc(F)c3)c(F)c2)c1. The Labute approximate surface area is 188 Å². The highest BCUT2D eigenvalue weighted by atomic mass is 19.1. The number of rotatable bonds is 6. The molecular formula is C24H21F2N5O2. The lowest BCUT2D eigenvalue weighted by Crippen LogP contribution is -2.31. The number of imidazole rings is 1. The number of carbonyl (C=O) groups is 1. The van der Waals surface area contributed by atoms with E-state index in [1.807, 2.05) is 11.6 Å². The molecule has 168 valence electrons. The van der Waals surface area contributed by atoms with Gasteiger partial charge in [-0.05, 0) is 41.5 Å². The Balaban J connectivity index is 1.61. The molecule has 0 bridgehead atoms. The zero-order chi connectivity index (χ0) is 23.5. The van der Waals surface area contributed by atoms with Gasteiger partial charge in [0, 0.05) is 24.4 Å². The van der Waals surface area contributed by atoms with Gasteiger partial charge in [-0.25, -0.2) is 18.7 Å². The minimum atomic E-state index is -0.886. The third-order valence-corrected chi connectivity index (χ3v) is 5.29. The Morgan fingerprint density at radius 2 is 1.97 bits per heavy atom. The molecule has 0 unspecified atom stereocenters. The summed E-state index contributed by atoms with van der Waals surface area (Å²) in [6, 6.07) is 10.5. The normalized spacial score (nSPS) is 11.9. The summed E-state index contributed by atoms with van der Waals surface area (Å²) >= 11 is 0. The molecule has 1 amide bonds. The van der Waals surface area contributed by atoms with E-state index < -0.39 is 30.2 Å². The van der Waals surface area contributed by atoms with Gasteiger partial charge in [0.25, 0.3) is 5.91 Å². The quantitative estimate of drug-likeness (QED) is 0.418. The fourth-order valence-corrected chi connectivity index (χ4v) is 3.54. The van der Waals surface area contributed by atoms with Gasteiger partial charge in [-0.3, -0.25) is 4.79 Å². The van der Waals surface area contributed by atoms with E-state index in [1.54, 1.807) is 36.9 Å². The molecule has 0 radical (unpaired) electrons. The van der Waals surface area contributed by atoms with Crippen molar-refractivity contribution in [2.45, 2.75) is 6.04 Å². The number of amides is 1. The zero-order valence-corrected chi connectivity index (χ0v) is 17.7. The first kappa shape index (κ1) is 22.1. The van der Waals surface area contributed by atoms with E-state index in [1.165, 1.54) is 30.3 Å². The van der Waals surface area contributed by atoms with Gasteiger partial charge < -0.3 is 20.7 Å². The van der Waals surface area contributed by atoms with Crippen LogP contribution in [-0.2, 0) is 7.05 Å². The molecule has 0 spiro atoms. The Morgan fingerprint density at radius 3 is 2.64 bits per heavy atom. The van der Waals surface area contributed by atoms with E-state index in [9.17, 15) is 18.7 Å². The van der Waals surface area contributed by atoms with Gasteiger partial charge >= 0.3 is 0 Å². The molecule has 0 saturated heterocycles. The molecule has 0 aliphatic rings. The van der Waals surface area contributed by atoms with Crippen molar-refractivity contribution in [2.24, 2.45) is 7.05 Å². The molecule has 33 heavy (non-hydrogen) atoms. The predicted octanol–water partition coefficient (Wildman–Crippen LogP) is 3.47. The highest BCUT2D eigenvalue weighted by molar-refractivity contribution is 5.95. The van der Waals surface area contributed by atoms with Crippen LogP contribution in [-0.4, -0.2) is 32.2 Å². The summed E-state index contributed by atoms with van der Waals surface area (Å²) in [5.41, 5.74) is 8.70. The van der Waals surface area contributed by atoms with Crippen molar-refractivity contribution in [3.05, 3.63) is 90.0 Å². The molecule has 1 atom stereocenters. The molecule has 4 rings (SSSR count). The van der Waals surface area contributed by atoms with Crippen LogP contribution in [0.5, 0.6) is 0 Å². The number of benzene rings is 2. The third kappa shape index (κ3) is 4.58. The zero-order valence-electron chi connectivity index (χ0n) is 17.7. The number of aromatic nitrogens is 3. The number of nitrogens with two attached hydrogens (primary N) is 1. The van der Waals surface area contributed by atoms with E-state index >= 15 is 0 Å². The molecule has 4 aromatic rings. The maximum absolute atomic E-state index is 14.9. The Bertz CT molecular complexity index is 1320. The number of anilines is 1. The number of nitrogens with zero attached hydrogens (tertiary/aromatic N) is 3. The number of aryl methyl sites for hydroxylation is 1. The van der Waals surface area contributed by atoms with Crippen molar-refractivity contribution < 1.29 is 18.7 Å². The van der Waals surface area contributed by atoms with E-state index in [0.29, 0.717) is 16.7 Å². The second-order valence-electron chi connectivity index (χ2n) is 7.50. The van der Waals surface area contributed by atoms with Gasteiger partial charge in [0.1, 0.15) is 17.5 Å². The first-order valence-electron chi connectivity index (χ1n) is 10.1. The summed E-state index contributed by atoms with van der Waals surface area (Å²) in [7, 11) is 1.84. The highest BCUT2D eigenvalue weighted by Gasteiger charge is 2.19. The molecule has 0 aliphatic heterocycles. The summed E-state index contributed by atoms with van der Waals surface area (Å²) < 4.78 is 30.2. The molecular weight excluding hydrogens is 428 g/mol. The van der Waals surface area contributed by atoms with Gasteiger partial charge in [-0.15, -0.1) is 0 Å². The average molecular weight is 449 g/mol. The molecule has 2 aromatic heterocycles. The minimum Gasteiger partial charge on any atom is -0.394 e. The van der Waals surface area contributed by atoms with Crippen LogP contribution in [0.1, 0.15) is 22.0 Å². The first-order chi connectivity index (χ1) is 15.9. The van der Waals surface area contributed by atoms with Crippen molar-refractivity contribution >= 4 is 11.7 Å². The topological polar surface area (TPSA) is 106 Å². The number of aliphatic hydroxyl groups excluding tert-OH is 1. The van der Waals surface area contributed by atoms with Gasteiger partial charge in [-0.2, -0.15) is 0 Å². The molecule has 2 aromatic carbocycles. The number of pyridine rings is 1. The Morgan fingerprint density at radius 1 is 1.15 bits per heavy atom. The van der Waals surface area contributed by atoms with Crippen LogP contribution >= 0.6 is 0 Å². The summed E-state index contributed by atoms with van der Waals surface area (Å²) in [5, 5.41) is 12.2. The fraction of sp³-hybridized carbons (Fsp3) is 0.125. The van der Waals surface area contributed by atoms with Crippen molar-refractivity contribution in [3.8, 4) is 22.4 Å². The van der Waals surface area contributed by atoms with E-state index in [4.69, 9.17) is 5.73 Å². The van der Waals surface area contributed by atoms with Gasteiger partial charge in [-0.1, -0.05) is 18.2 Å². The summed E-state index contributed by atoms with van der Waals surface area (Å²) in [6.45, 7) is -0.474. The Kier molecular flexibility index (Phi) is 6.14. The summed E-state index contributed by atoms with van der Waals surface area (Å²) in [4.78, 5) is 20.9. The molecule has 0 fully saturated rings. The second kappa shape index (κ2) is 9.17. The molecule has 0 aliphatic carbocycles. The molecule has 9 heteroatoms. The van der Waals surface area contributed by atoms with Crippen LogP contribution in [0, 0.1) is 11.6 Å². The van der Waals surface area contributed by atoms with E-state index in [0.717, 1.165) is 11.3 Å². The number of hydrogen-bond donors (Lipinski definition) is 3. The van der Waals surface area contributed by atoms with Crippen molar-refractivity contribution in [3.63, 3.8) is 0 Å². The maximum Gasteiger partial charge on any atom is 0.254 e. The average Bonchev–Trinajstić information content (AvgIpc) is 3.23. The predicted molar refractivity (Wildman–Crippen MR) is 120 cm³/mol. The smallest absolute Gasteiger partial charge is 0.254 e. The third-order valence-electron chi connectivity index (χ3n) is 5.29. The minimum absolute atomic E-state index is 0.212. The highest BCUT2D eigenvalue weighted by Crippen LogP contribution is 2.30.